The van der Waals surface area contributed by atoms with E-state index in [2.05, 4.69) is 15.4 Å². The maximum atomic E-state index is 12.4. The van der Waals surface area contributed by atoms with E-state index in [9.17, 15) is 14.9 Å². The molecule has 0 aliphatic carbocycles. The van der Waals surface area contributed by atoms with Crippen LogP contribution in [0.4, 0.5) is 5.82 Å². The van der Waals surface area contributed by atoms with Gasteiger partial charge in [-0.15, -0.1) is 16.9 Å². The molecule has 2 aromatic rings. The maximum Gasteiger partial charge on any atom is 0.418 e. The summed E-state index contributed by atoms with van der Waals surface area (Å²) in [5.74, 6) is -0.0927. The molecule has 1 aliphatic rings. The summed E-state index contributed by atoms with van der Waals surface area (Å²) in [5, 5.41) is 31.0. The van der Waals surface area contributed by atoms with Crippen molar-refractivity contribution in [1.29, 1.82) is 0 Å². The zero-order valence-corrected chi connectivity index (χ0v) is 11.6. The normalized spacial score (nSPS) is 22.0. The van der Waals surface area contributed by atoms with Gasteiger partial charge in [0.2, 0.25) is 5.52 Å². The van der Waals surface area contributed by atoms with Crippen molar-refractivity contribution in [2.45, 2.75) is 11.7 Å². The number of aryl methyl sites for hydroxylation is 1. The van der Waals surface area contributed by atoms with Gasteiger partial charge in [0.05, 0.1) is 18.8 Å². The standard InChI is InChI=1S/C9H10N6O5S/c1-13-7-6(8(11-13)15(18)19)10-12-14(9(7)17)4-3-21-5(2-16)20-4/h4-5,16H,2-3H2,1H3. The molecule has 112 valence electrons. The quantitative estimate of drug-likeness (QED) is 0.559. The van der Waals surface area contributed by atoms with Crippen LogP contribution in [0.15, 0.2) is 4.79 Å². The van der Waals surface area contributed by atoms with Gasteiger partial charge in [-0.1, -0.05) is 5.21 Å². The van der Waals surface area contributed by atoms with Gasteiger partial charge in [0, 0.05) is 5.75 Å². The van der Waals surface area contributed by atoms with Crippen LogP contribution < -0.4 is 5.56 Å². The van der Waals surface area contributed by atoms with Crippen LogP contribution in [0.3, 0.4) is 0 Å². The second-order valence-electron chi connectivity index (χ2n) is 4.28. The lowest BCUT2D eigenvalue weighted by molar-refractivity contribution is -0.388. The summed E-state index contributed by atoms with van der Waals surface area (Å²) >= 11 is 1.34. The molecule has 21 heavy (non-hydrogen) atoms. The van der Waals surface area contributed by atoms with Crippen LogP contribution in [0.2, 0.25) is 0 Å². The van der Waals surface area contributed by atoms with E-state index in [0.717, 1.165) is 9.36 Å². The van der Waals surface area contributed by atoms with E-state index in [1.54, 1.807) is 0 Å². The van der Waals surface area contributed by atoms with Crippen LogP contribution in [-0.4, -0.2) is 52.6 Å². The summed E-state index contributed by atoms with van der Waals surface area (Å²) in [5.41, 5.74) is -1.18. The Balaban J connectivity index is 2.11. The van der Waals surface area contributed by atoms with E-state index in [1.165, 1.54) is 18.8 Å². The number of thioether (sulfide) groups is 1. The molecular weight excluding hydrogens is 304 g/mol. The van der Waals surface area contributed by atoms with Gasteiger partial charge in [-0.2, -0.15) is 9.36 Å². The third-order valence-corrected chi connectivity index (χ3v) is 4.09. The lowest BCUT2D eigenvalue weighted by Gasteiger charge is -2.11. The zero-order valence-electron chi connectivity index (χ0n) is 10.7. The van der Waals surface area contributed by atoms with Crippen molar-refractivity contribution in [1.82, 2.24) is 24.8 Å². The average Bonchev–Trinajstić information content (AvgIpc) is 3.04. The first-order valence-corrected chi connectivity index (χ1v) is 6.92. The Hall–Kier alpha value is -2.05. The lowest BCUT2D eigenvalue weighted by atomic mass is 10.4. The number of rotatable bonds is 3. The topological polar surface area (TPSA) is 138 Å². The highest BCUT2D eigenvalue weighted by molar-refractivity contribution is 8.00. The number of fused-ring (bicyclic) bond motifs is 1. The molecule has 3 heterocycles. The number of aromatic nitrogens is 5. The molecule has 0 aromatic carbocycles. The molecule has 11 nitrogen and oxygen atoms in total. The molecule has 12 heteroatoms. The zero-order chi connectivity index (χ0) is 15.1. The molecule has 2 unspecified atom stereocenters. The largest absolute Gasteiger partial charge is 0.418 e. The average molecular weight is 314 g/mol. The Morgan fingerprint density at radius 1 is 1.62 bits per heavy atom. The van der Waals surface area contributed by atoms with E-state index >= 15 is 0 Å². The van der Waals surface area contributed by atoms with Crippen molar-refractivity contribution in [3.63, 3.8) is 0 Å². The van der Waals surface area contributed by atoms with Gasteiger partial charge < -0.3 is 20.0 Å². The van der Waals surface area contributed by atoms with Crippen LogP contribution in [-0.2, 0) is 11.8 Å². The molecule has 0 radical (unpaired) electrons. The highest BCUT2D eigenvalue weighted by atomic mass is 32.2. The Morgan fingerprint density at radius 3 is 3.00 bits per heavy atom. The van der Waals surface area contributed by atoms with E-state index in [4.69, 9.17) is 9.84 Å². The van der Waals surface area contributed by atoms with Gasteiger partial charge in [-0.3, -0.25) is 4.79 Å². The van der Waals surface area contributed by atoms with E-state index in [1.807, 2.05) is 0 Å². The SMILES string of the molecule is Cn1nc([N+](=O)[O-])c2nnn(C3CSC(CO)O3)c(=O)c21. The van der Waals surface area contributed by atoms with Crippen LogP contribution >= 0.6 is 11.8 Å². The highest BCUT2D eigenvalue weighted by Gasteiger charge is 2.31. The Labute approximate surface area is 120 Å². The summed E-state index contributed by atoms with van der Waals surface area (Å²) in [6, 6.07) is 0. The van der Waals surface area contributed by atoms with Gasteiger partial charge in [-0.05, 0) is 4.92 Å². The summed E-state index contributed by atoms with van der Waals surface area (Å²) in [7, 11) is 1.42. The van der Waals surface area contributed by atoms with Gasteiger partial charge in [0.1, 0.15) is 5.44 Å². The van der Waals surface area contributed by atoms with E-state index < -0.39 is 28.0 Å². The number of nitrogens with zero attached hydrogens (tertiary/aromatic N) is 6. The van der Waals surface area contributed by atoms with Crippen LogP contribution in [0.1, 0.15) is 6.23 Å². The third kappa shape index (κ3) is 2.16. The first-order chi connectivity index (χ1) is 10.0. The van der Waals surface area contributed by atoms with Gasteiger partial charge in [0.25, 0.3) is 0 Å². The smallest absolute Gasteiger partial charge is 0.393 e. The molecular formula is C9H10N6O5S. The fraction of sp³-hybridized carbons (Fsp3) is 0.556. The molecule has 0 bridgehead atoms. The predicted octanol–water partition coefficient (Wildman–Crippen LogP) is -0.986. The minimum Gasteiger partial charge on any atom is -0.393 e. The number of hydrogen-bond acceptors (Lipinski definition) is 9. The summed E-state index contributed by atoms with van der Waals surface area (Å²) in [6.07, 6.45) is -0.675. The molecule has 3 rings (SSSR count). The molecule has 2 atom stereocenters. The Morgan fingerprint density at radius 2 is 2.38 bits per heavy atom. The van der Waals surface area contributed by atoms with Crippen molar-refractivity contribution < 1.29 is 14.8 Å². The predicted molar refractivity (Wildman–Crippen MR) is 70.7 cm³/mol. The fourth-order valence-electron chi connectivity index (χ4n) is 2.05. The van der Waals surface area contributed by atoms with Crippen molar-refractivity contribution in [2.75, 3.05) is 12.4 Å². The molecule has 0 saturated carbocycles. The Kier molecular flexibility index (Phi) is 3.35. The number of aliphatic hydroxyl groups is 1. The van der Waals surface area contributed by atoms with E-state index in [-0.39, 0.29) is 17.6 Å². The van der Waals surface area contributed by atoms with Crippen molar-refractivity contribution in [2.24, 2.45) is 7.05 Å². The van der Waals surface area contributed by atoms with Crippen LogP contribution in [0, 0.1) is 10.1 Å². The Bertz CT molecular complexity index is 772. The monoisotopic (exact) mass is 314 g/mol. The molecule has 1 fully saturated rings. The van der Waals surface area contributed by atoms with Crippen molar-refractivity contribution in [3.05, 3.63) is 20.5 Å². The molecule has 0 spiro atoms. The van der Waals surface area contributed by atoms with Crippen molar-refractivity contribution in [3.8, 4) is 0 Å². The van der Waals surface area contributed by atoms with Crippen LogP contribution in [0.25, 0.3) is 11.0 Å². The molecule has 0 amide bonds. The third-order valence-electron chi connectivity index (χ3n) is 2.98. The van der Waals surface area contributed by atoms with Crippen molar-refractivity contribution >= 4 is 28.6 Å². The van der Waals surface area contributed by atoms with E-state index in [0.29, 0.717) is 5.75 Å². The lowest BCUT2D eigenvalue weighted by Crippen LogP contribution is -2.31. The summed E-state index contributed by atoms with van der Waals surface area (Å²) in [4.78, 5) is 22.5. The maximum absolute atomic E-state index is 12.4. The van der Waals surface area contributed by atoms with Crippen LogP contribution in [0.5, 0.6) is 0 Å². The molecule has 1 aliphatic heterocycles. The summed E-state index contributed by atoms with van der Waals surface area (Å²) < 4.78 is 7.54. The number of ether oxygens (including phenoxy) is 1. The second-order valence-corrected chi connectivity index (χ2v) is 5.47. The van der Waals surface area contributed by atoms with Gasteiger partial charge in [-0.25, -0.2) is 0 Å². The first-order valence-electron chi connectivity index (χ1n) is 5.87. The number of hydrogen-bond donors (Lipinski definition) is 1. The second kappa shape index (κ2) is 5.05. The summed E-state index contributed by atoms with van der Waals surface area (Å²) in [6.45, 7) is -0.178. The molecule has 1 N–H and O–H groups in total. The minimum atomic E-state index is -0.718. The highest BCUT2D eigenvalue weighted by Crippen LogP contribution is 2.30. The molecule has 2 aromatic heterocycles. The molecule has 1 saturated heterocycles. The number of nitro groups is 1. The van der Waals surface area contributed by atoms with Gasteiger partial charge >= 0.3 is 11.4 Å². The minimum absolute atomic E-state index is 0.0160. The fourth-order valence-corrected chi connectivity index (χ4v) is 2.96. The first kappa shape index (κ1) is 13.9. The number of aliphatic hydroxyl groups excluding tert-OH is 1. The van der Waals surface area contributed by atoms with Gasteiger partial charge in [0.15, 0.2) is 11.7 Å².